The molecular weight excluding hydrogens is 336 g/mol. The van der Waals surface area contributed by atoms with Crippen molar-refractivity contribution in [2.24, 2.45) is 0 Å². The zero-order chi connectivity index (χ0) is 15.7. The Morgan fingerprint density at radius 3 is 2.52 bits per heavy atom. The number of amides is 2. The Balaban J connectivity index is 2.46. The number of benzene rings is 1. The van der Waals surface area contributed by atoms with Gasteiger partial charge in [-0.15, -0.1) is 0 Å². The first kappa shape index (κ1) is 17.7. The van der Waals surface area contributed by atoms with Crippen LogP contribution in [0.5, 0.6) is 0 Å². The molecule has 6 heteroatoms. The van der Waals surface area contributed by atoms with Crippen molar-refractivity contribution in [1.29, 1.82) is 0 Å². The maximum atomic E-state index is 11.7. The molecule has 0 aliphatic rings. The zero-order valence-electron chi connectivity index (χ0n) is 12.4. The first-order valence-corrected chi connectivity index (χ1v) is 7.63. The number of methoxy groups -OCH3 is 1. The van der Waals surface area contributed by atoms with E-state index in [-0.39, 0.29) is 18.2 Å². The van der Waals surface area contributed by atoms with Crippen LogP contribution >= 0.6 is 15.9 Å². The number of carbonyl (C=O) groups is 2. The molecule has 0 saturated carbocycles. The molecule has 1 N–H and O–H groups in total. The van der Waals surface area contributed by atoms with Gasteiger partial charge in [-0.25, -0.2) is 0 Å². The number of anilines is 1. The Morgan fingerprint density at radius 1 is 1.29 bits per heavy atom. The van der Waals surface area contributed by atoms with E-state index in [0.717, 1.165) is 16.6 Å². The van der Waals surface area contributed by atoms with Crippen molar-refractivity contribution in [1.82, 2.24) is 5.32 Å². The Bertz CT molecular complexity index is 462. The van der Waals surface area contributed by atoms with E-state index in [1.807, 2.05) is 24.3 Å². The molecule has 0 fully saturated rings. The molecule has 0 bridgehead atoms. The topological polar surface area (TPSA) is 58.6 Å². The summed E-state index contributed by atoms with van der Waals surface area (Å²) in [7, 11) is 1.63. The number of hydrogen-bond acceptors (Lipinski definition) is 3. The number of nitrogens with zero attached hydrogens (tertiary/aromatic N) is 1. The van der Waals surface area contributed by atoms with E-state index in [4.69, 9.17) is 4.74 Å². The summed E-state index contributed by atoms with van der Waals surface area (Å²) in [5, 5.41) is 2.81. The standard InChI is InChI=1S/C15H21BrN2O3/c1-12(19)18(14-6-4-13(16)5-7-14)10-8-15(20)17-9-3-11-21-2/h4-7H,3,8-11H2,1-2H3,(H,17,20). The second-order valence-corrected chi connectivity index (χ2v) is 5.51. The third kappa shape index (κ3) is 6.73. The maximum absolute atomic E-state index is 11.7. The minimum Gasteiger partial charge on any atom is -0.385 e. The van der Waals surface area contributed by atoms with Gasteiger partial charge in [0.25, 0.3) is 0 Å². The first-order valence-electron chi connectivity index (χ1n) is 6.84. The van der Waals surface area contributed by atoms with Gasteiger partial charge in [0.15, 0.2) is 0 Å². The molecule has 0 spiro atoms. The lowest BCUT2D eigenvalue weighted by Gasteiger charge is -2.21. The van der Waals surface area contributed by atoms with Crippen molar-refractivity contribution in [3.8, 4) is 0 Å². The lowest BCUT2D eigenvalue weighted by Crippen LogP contribution is -2.34. The van der Waals surface area contributed by atoms with Crippen molar-refractivity contribution in [2.45, 2.75) is 19.8 Å². The van der Waals surface area contributed by atoms with E-state index >= 15 is 0 Å². The molecule has 1 rings (SSSR count). The van der Waals surface area contributed by atoms with Crippen LogP contribution in [0.15, 0.2) is 28.7 Å². The predicted molar refractivity (Wildman–Crippen MR) is 86.3 cm³/mol. The van der Waals surface area contributed by atoms with E-state index in [2.05, 4.69) is 21.2 Å². The number of carbonyl (C=O) groups excluding carboxylic acids is 2. The molecule has 0 aliphatic heterocycles. The highest BCUT2D eigenvalue weighted by Gasteiger charge is 2.13. The number of hydrogen-bond donors (Lipinski definition) is 1. The summed E-state index contributed by atoms with van der Waals surface area (Å²) in [5.74, 6) is -0.140. The van der Waals surface area contributed by atoms with Crippen molar-refractivity contribution in [3.05, 3.63) is 28.7 Å². The minimum atomic E-state index is -0.0792. The van der Waals surface area contributed by atoms with Gasteiger partial charge in [0, 0.05) is 50.3 Å². The number of nitrogens with one attached hydrogen (secondary N) is 1. The van der Waals surface area contributed by atoms with Crippen LogP contribution in [0.3, 0.4) is 0 Å². The maximum Gasteiger partial charge on any atom is 0.223 e. The lowest BCUT2D eigenvalue weighted by molar-refractivity contribution is -0.121. The molecule has 1 aromatic rings. The fourth-order valence-electron chi connectivity index (χ4n) is 1.84. The molecule has 21 heavy (non-hydrogen) atoms. The SMILES string of the molecule is COCCCNC(=O)CCN(C(C)=O)c1ccc(Br)cc1. The van der Waals surface area contributed by atoms with Crippen LogP contribution in [0.1, 0.15) is 19.8 Å². The summed E-state index contributed by atoms with van der Waals surface area (Å²) in [4.78, 5) is 25.0. The van der Waals surface area contributed by atoms with Crippen molar-refractivity contribution >= 4 is 33.4 Å². The molecule has 0 heterocycles. The monoisotopic (exact) mass is 356 g/mol. The predicted octanol–water partition coefficient (Wildman–Crippen LogP) is 2.34. The van der Waals surface area contributed by atoms with Crippen LogP contribution < -0.4 is 10.2 Å². The van der Waals surface area contributed by atoms with Crippen LogP contribution in [-0.2, 0) is 14.3 Å². The number of halogens is 1. The smallest absolute Gasteiger partial charge is 0.223 e. The Kier molecular flexibility index (Phi) is 8.00. The van der Waals surface area contributed by atoms with E-state index in [1.165, 1.54) is 6.92 Å². The average Bonchev–Trinajstić information content (AvgIpc) is 2.45. The van der Waals surface area contributed by atoms with Crippen LogP contribution in [0.4, 0.5) is 5.69 Å². The molecule has 0 saturated heterocycles. The van der Waals surface area contributed by atoms with Gasteiger partial charge in [-0.3, -0.25) is 9.59 Å². The molecule has 0 aromatic heterocycles. The van der Waals surface area contributed by atoms with Crippen molar-refractivity contribution in [3.63, 3.8) is 0 Å². The Labute approximate surface area is 133 Å². The van der Waals surface area contributed by atoms with E-state index in [0.29, 0.717) is 19.7 Å². The molecular formula is C15H21BrN2O3. The quantitative estimate of drug-likeness (QED) is 0.727. The zero-order valence-corrected chi connectivity index (χ0v) is 14.0. The molecule has 0 aliphatic carbocycles. The second kappa shape index (κ2) is 9.52. The van der Waals surface area contributed by atoms with Crippen LogP contribution in [0, 0.1) is 0 Å². The third-order valence-corrected chi connectivity index (χ3v) is 3.46. The molecule has 0 atom stereocenters. The summed E-state index contributed by atoms with van der Waals surface area (Å²) >= 11 is 3.36. The van der Waals surface area contributed by atoms with Gasteiger partial charge in [-0.2, -0.15) is 0 Å². The van der Waals surface area contributed by atoms with E-state index in [1.54, 1.807) is 12.0 Å². The number of rotatable bonds is 8. The van der Waals surface area contributed by atoms with Gasteiger partial charge in [0.05, 0.1) is 0 Å². The summed E-state index contributed by atoms with van der Waals surface area (Å²) < 4.78 is 5.86. The van der Waals surface area contributed by atoms with Gasteiger partial charge >= 0.3 is 0 Å². The fourth-order valence-corrected chi connectivity index (χ4v) is 2.10. The molecule has 116 valence electrons. The first-order chi connectivity index (χ1) is 10.0. The highest BCUT2D eigenvalue weighted by molar-refractivity contribution is 9.10. The van der Waals surface area contributed by atoms with Crippen LogP contribution in [0.2, 0.25) is 0 Å². The Hall–Kier alpha value is -1.40. The highest BCUT2D eigenvalue weighted by Crippen LogP contribution is 2.18. The van der Waals surface area contributed by atoms with Gasteiger partial charge < -0.3 is 15.0 Å². The van der Waals surface area contributed by atoms with Crippen LogP contribution in [-0.4, -0.2) is 38.6 Å². The minimum absolute atomic E-state index is 0.0607. The van der Waals surface area contributed by atoms with Gasteiger partial charge in [-0.1, -0.05) is 15.9 Å². The third-order valence-electron chi connectivity index (χ3n) is 2.93. The van der Waals surface area contributed by atoms with E-state index < -0.39 is 0 Å². The lowest BCUT2D eigenvalue weighted by atomic mass is 10.2. The molecule has 0 unspecified atom stereocenters. The van der Waals surface area contributed by atoms with Gasteiger partial charge in [0.2, 0.25) is 11.8 Å². The largest absolute Gasteiger partial charge is 0.385 e. The molecule has 2 amide bonds. The van der Waals surface area contributed by atoms with Gasteiger partial charge in [0.1, 0.15) is 0 Å². The van der Waals surface area contributed by atoms with Crippen LogP contribution in [0.25, 0.3) is 0 Å². The summed E-state index contributed by atoms with van der Waals surface area (Å²) in [6.45, 7) is 3.08. The summed E-state index contributed by atoms with van der Waals surface area (Å²) in [6, 6.07) is 7.44. The summed E-state index contributed by atoms with van der Waals surface area (Å²) in [6.07, 6.45) is 1.06. The molecule has 0 radical (unpaired) electrons. The fraction of sp³-hybridized carbons (Fsp3) is 0.467. The van der Waals surface area contributed by atoms with E-state index in [9.17, 15) is 9.59 Å². The average molecular weight is 357 g/mol. The van der Waals surface area contributed by atoms with Gasteiger partial charge in [-0.05, 0) is 30.7 Å². The highest BCUT2D eigenvalue weighted by atomic mass is 79.9. The Morgan fingerprint density at radius 2 is 1.95 bits per heavy atom. The normalized spacial score (nSPS) is 10.2. The number of ether oxygens (including phenoxy) is 1. The molecule has 1 aromatic carbocycles. The van der Waals surface area contributed by atoms with Crippen molar-refractivity contribution < 1.29 is 14.3 Å². The summed E-state index contributed by atoms with van der Waals surface area (Å²) in [5.41, 5.74) is 0.790. The second-order valence-electron chi connectivity index (χ2n) is 4.59. The van der Waals surface area contributed by atoms with Crippen molar-refractivity contribution in [2.75, 3.05) is 31.7 Å². The molecule has 5 nitrogen and oxygen atoms in total.